The highest BCUT2D eigenvalue weighted by Crippen LogP contribution is 2.24. The summed E-state index contributed by atoms with van der Waals surface area (Å²) in [5.74, 6) is 0.471. The molecule has 0 atom stereocenters. The number of rotatable bonds is 5. The summed E-state index contributed by atoms with van der Waals surface area (Å²) in [5.41, 5.74) is 0. The molecule has 0 amide bonds. The number of hydrogen-bond donors (Lipinski definition) is 1. The molecular weight excluding hydrogens is 274 g/mol. The quantitative estimate of drug-likeness (QED) is 0.907. The van der Waals surface area contributed by atoms with Crippen LogP contribution in [0.3, 0.4) is 0 Å². The lowest BCUT2D eigenvalue weighted by molar-refractivity contribution is 0.424. The van der Waals surface area contributed by atoms with Gasteiger partial charge in [-0.2, -0.15) is 4.31 Å². The van der Waals surface area contributed by atoms with Crippen molar-refractivity contribution in [2.45, 2.75) is 43.9 Å². The number of anilines is 1. The highest BCUT2D eigenvalue weighted by molar-refractivity contribution is 7.89. The summed E-state index contributed by atoms with van der Waals surface area (Å²) >= 11 is 0. The Morgan fingerprint density at radius 3 is 2.60 bits per heavy atom. The Morgan fingerprint density at radius 1 is 1.25 bits per heavy atom. The van der Waals surface area contributed by atoms with E-state index in [0.717, 1.165) is 38.6 Å². The third-order valence-corrected chi connectivity index (χ3v) is 5.43. The first-order valence-corrected chi connectivity index (χ1v) is 8.79. The van der Waals surface area contributed by atoms with Crippen LogP contribution in [0, 0.1) is 0 Å². The van der Waals surface area contributed by atoms with E-state index in [1.54, 1.807) is 22.6 Å². The Balaban J connectivity index is 2.28. The minimum Gasteiger partial charge on any atom is -0.369 e. The van der Waals surface area contributed by atoms with Crippen LogP contribution >= 0.6 is 0 Å². The zero-order chi connectivity index (χ0) is 14.4. The molecule has 0 aliphatic carbocycles. The van der Waals surface area contributed by atoms with Gasteiger partial charge in [-0.3, -0.25) is 0 Å². The smallest absolute Gasteiger partial charge is 0.246 e. The summed E-state index contributed by atoms with van der Waals surface area (Å²) in [4.78, 5) is 4.49. The van der Waals surface area contributed by atoms with Gasteiger partial charge in [0, 0.05) is 25.8 Å². The average molecular weight is 297 g/mol. The van der Waals surface area contributed by atoms with Crippen molar-refractivity contribution in [1.82, 2.24) is 9.29 Å². The summed E-state index contributed by atoms with van der Waals surface area (Å²) in [6.45, 7) is 3.99. The van der Waals surface area contributed by atoms with E-state index in [1.165, 1.54) is 0 Å². The Morgan fingerprint density at radius 2 is 1.95 bits per heavy atom. The zero-order valence-corrected chi connectivity index (χ0v) is 12.8. The molecule has 1 saturated heterocycles. The van der Waals surface area contributed by atoms with Crippen LogP contribution in [0.15, 0.2) is 23.2 Å². The molecule has 0 aromatic carbocycles. The van der Waals surface area contributed by atoms with E-state index in [0.29, 0.717) is 23.8 Å². The van der Waals surface area contributed by atoms with Crippen molar-refractivity contribution in [2.24, 2.45) is 0 Å². The molecule has 5 nitrogen and oxygen atoms in total. The molecule has 6 heteroatoms. The number of sulfonamides is 1. The lowest BCUT2D eigenvalue weighted by Gasteiger charge is -2.21. The fourth-order valence-electron chi connectivity index (χ4n) is 2.40. The second-order valence-electron chi connectivity index (χ2n) is 5.10. The second-order valence-corrected chi connectivity index (χ2v) is 7.00. The average Bonchev–Trinajstić information content (AvgIpc) is 2.75. The highest BCUT2D eigenvalue weighted by Gasteiger charge is 2.27. The van der Waals surface area contributed by atoms with E-state index in [-0.39, 0.29) is 0 Å². The summed E-state index contributed by atoms with van der Waals surface area (Å²) < 4.78 is 27.1. The number of hydrogen-bond acceptors (Lipinski definition) is 4. The summed E-state index contributed by atoms with van der Waals surface area (Å²) in [6, 6.07) is 3.33. The maximum atomic E-state index is 12.8. The van der Waals surface area contributed by atoms with Gasteiger partial charge in [0.2, 0.25) is 10.0 Å². The molecular formula is C14H23N3O2S. The zero-order valence-electron chi connectivity index (χ0n) is 12.0. The van der Waals surface area contributed by atoms with Crippen LogP contribution in [0.4, 0.5) is 5.82 Å². The van der Waals surface area contributed by atoms with Crippen LogP contribution in [-0.2, 0) is 10.0 Å². The molecule has 2 rings (SSSR count). The Kier molecular flexibility index (Phi) is 5.37. The minimum absolute atomic E-state index is 0.301. The molecule has 2 heterocycles. The molecule has 1 fully saturated rings. The van der Waals surface area contributed by atoms with Crippen LogP contribution in [0.2, 0.25) is 0 Å². The molecule has 1 aromatic rings. The monoisotopic (exact) mass is 297 g/mol. The molecule has 1 aliphatic heterocycles. The number of pyridine rings is 1. The van der Waals surface area contributed by atoms with E-state index in [9.17, 15) is 8.42 Å². The van der Waals surface area contributed by atoms with Crippen molar-refractivity contribution >= 4 is 15.8 Å². The fourth-order valence-corrected chi connectivity index (χ4v) is 4.03. The highest BCUT2D eigenvalue weighted by atomic mass is 32.2. The molecule has 1 aromatic heterocycles. The SMILES string of the molecule is CCCNc1ncccc1S(=O)(=O)N1CCCCCC1. The van der Waals surface area contributed by atoms with Crippen molar-refractivity contribution < 1.29 is 8.42 Å². The van der Waals surface area contributed by atoms with Crippen molar-refractivity contribution in [3.05, 3.63) is 18.3 Å². The second kappa shape index (κ2) is 7.04. The number of nitrogens with zero attached hydrogens (tertiary/aromatic N) is 2. The normalized spacial score (nSPS) is 17.6. The lowest BCUT2D eigenvalue weighted by atomic mass is 10.2. The van der Waals surface area contributed by atoms with E-state index in [2.05, 4.69) is 10.3 Å². The predicted octanol–water partition coefficient (Wildman–Crippen LogP) is 2.47. The van der Waals surface area contributed by atoms with Gasteiger partial charge >= 0.3 is 0 Å². The Hall–Kier alpha value is -1.14. The van der Waals surface area contributed by atoms with Gasteiger partial charge in [0.1, 0.15) is 10.7 Å². The Labute approximate surface area is 121 Å². The van der Waals surface area contributed by atoms with Crippen LogP contribution in [0.25, 0.3) is 0 Å². The first kappa shape index (κ1) is 15.3. The molecule has 0 unspecified atom stereocenters. The van der Waals surface area contributed by atoms with Crippen molar-refractivity contribution in [3.8, 4) is 0 Å². The van der Waals surface area contributed by atoms with E-state index < -0.39 is 10.0 Å². The minimum atomic E-state index is -3.44. The molecule has 112 valence electrons. The van der Waals surface area contributed by atoms with E-state index in [1.807, 2.05) is 6.92 Å². The molecule has 0 bridgehead atoms. The topological polar surface area (TPSA) is 62.3 Å². The predicted molar refractivity (Wildman–Crippen MR) is 80.2 cm³/mol. The van der Waals surface area contributed by atoms with Gasteiger partial charge in [0.15, 0.2) is 0 Å². The van der Waals surface area contributed by atoms with E-state index >= 15 is 0 Å². The van der Waals surface area contributed by atoms with Crippen LogP contribution in [-0.4, -0.2) is 37.3 Å². The third kappa shape index (κ3) is 3.49. The van der Waals surface area contributed by atoms with Crippen molar-refractivity contribution in [3.63, 3.8) is 0 Å². The fraction of sp³-hybridized carbons (Fsp3) is 0.643. The summed E-state index contributed by atoms with van der Waals surface area (Å²) in [7, 11) is -3.44. The van der Waals surface area contributed by atoms with Crippen molar-refractivity contribution in [1.29, 1.82) is 0 Å². The van der Waals surface area contributed by atoms with Gasteiger partial charge in [-0.05, 0) is 31.4 Å². The van der Waals surface area contributed by atoms with Gasteiger partial charge in [-0.25, -0.2) is 13.4 Å². The van der Waals surface area contributed by atoms with Gasteiger partial charge < -0.3 is 5.32 Å². The first-order chi connectivity index (χ1) is 9.66. The molecule has 0 saturated carbocycles. The van der Waals surface area contributed by atoms with Crippen LogP contribution < -0.4 is 5.32 Å². The first-order valence-electron chi connectivity index (χ1n) is 7.35. The number of aromatic nitrogens is 1. The molecule has 1 N–H and O–H groups in total. The Bertz CT molecular complexity index is 523. The maximum absolute atomic E-state index is 12.8. The summed E-state index contributed by atoms with van der Waals surface area (Å²) in [5, 5.41) is 3.11. The van der Waals surface area contributed by atoms with Gasteiger partial charge in [0.25, 0.3) is 0 Å². The molecule has 1 aliphatic rings. The van der Waals surface area contributed by atoms with Gasteiger partial charge in [-0.1, -0.05) is 19.8 Å². The molecule has 0 radical (unpaired) electrons. The maximum Gasteiger partial charge on any atom is 0.246 e. The lowest BCUT2D eigenvalue weighted by Crippen LogP contribution is -2.32. The van der Waals surface area contributed by atoms with Gasteiger partial charge in [-0.15, -0.1) is 0 Å². The standard InChI is InChI=1S/C14H23N3O2S/c1-2-9-15-14-13(8-7-10-16-14)20(18,19)17-11-5-3-4-6-12-17/h7-8,10H,2-6,9,11-12H2,1H3,(H,15,16). The molecule has 0 spiro atoms. The van der Waals surface area contributed by atoms with E-state index in [4.69, 9.17) is 0 Å². The molecule has 20 heavy (non-hydrogen) atoms. The number of nitrogens with one attached hydrogen (secondary N) is 1. The third-order valence-electron chi connectivity index (χ3n) is 3.50. The van der Waals surface area contributed by atoms with Crippen LogP contribution in [0.5, 0.6) is 0 Å². The van der Waals surface area contributed by atoms with Gasteiger partial charge in [0.05, 0.1) is 0 Å². The largest absolute Gasteiger partial charge is 0.369 e. The summed E-state index contributed by atoms with van der Waals surface area (Å²) in [6.07, 6.45) is 6.66. The van der Waals surface area contributed by atoms with Crippen molar-refractivity contribution in [2.75, 3.05) is 25.0 Å². The van der Waals surface area contributed by atoms with Crippen LogP contribution in [0.1, 0.15) is 39.0 Å².